The molecule has 0 aliphatic carbocycles. The van der Waals surface area contributed by atoms with Crippen molar-refractivity contribution in [3.05, 3.63) is 231 Å². The van der Waals surface area contributed by atoms with Gasteiger partial charge in [0.25, 0.3) is 0 Å². The average Bonchev–Trinajstić information content (AvgIpc) is 3.95. The highest BCUT2D eigenvalue weighted by Gasteiger charge is 2.21. The van der Waals surface area contributed by atoms with Gasteiger partial charge in [-0.25, -0.2) is 15.0 Å². The average molecular weight is 859 g/mol. The first-order valence-electron chi connectivity index (χ1n) is 22.3. The number of benzene rings is 10. The first-order valence-corrected chi connectivity index (χ1v) is 23.1. The Morgan fingerprint density at radius 3 is 1.61 bits per heavy atom. The molecule has 0 bridgehead atoms. The van der Waals surface area contributed by atoms with E-state index in [1.807, 2.05) is 11.3 Å². The van der Waals surface area contributed by atoms with E-state index in [9.17, 15) is 0 Å². The maximum atomic E-state index is 5.45. The van der Waals surface area contributed by atoms with E-state index >= 15 is 0 Å². The van der Waals surface area contributed by atoms with Crippen LogP contribution in [0.2, 0.25) is 0 Å². The molecular formula is C61H38N4S. The number of hydrogen-bond donors (Lipinski definition) is 0. The fourth-order valence-corrected chi connectivity index (χ4v) is 10.9. The second-order valence-electron chi connectivity index (χ2n) is 16.8. The molecule has 308 valence electrons. The molecule has 0 atom stereocenters. The van der Waals surface area contributed by atoms with Crippen LogP contribution in [0.4, 0.5) is 0 Å². The summed E-state index contributed by atoms with van der Waals surface area (Å²) in [5, 5.41) is 7.35. The number of nitrogens with zero attached hydrogens (tertiary/aromatic N) is 4. The first kappa shape index (κ1) is 38.0. The van der Waals surface area contributed by atoms with Crippen LogP contribution in [-0.2, 0) is 0 Å². The summed E-state index contributed by atoms with van der Waals surface area (Å²) >= 11 is 1.84. The molecule has 10 aromatic carbocycles. The Kier molecular flexibility index (Phi) is 9.00. The lowest BCUT2D eigenvalue weighted by Crippen LogP contribution is -2.04. The van der Waals surface area contributed by atoms with Crippen molar-refractivity contribution in [2.24, 2.45) is 0 Å². The van der Waals surface area contributed by atoms with Crippen LogP contribution < -0.4 is 0 Å². The number of hydrogen-bond acceptors (Lipinski definition) is 4. The minimum atomic E-state index is 0.597. The van der Waals surface area contributed by atoms with Gasteiger partial charge in [0.1, 0.15) is 0 Å². The highest BCUT2D eigenvalue weighted by atomic mass is 32.1. The van der Waals surface area contributed by atoms with Gasteiger partial charge >= 0.3 is 0 Å². The van der Waals surface area contributed by atoms with Gasteiger partial charge in [0, 0.05) is 47.6 Å². The molecule has 0 aliphatic heterocycles. The van der Waals surface area contributed by atoms with Crippen LogP contribution in [0.3, 0.4) is 0 Å². The topological polar surface area (TPSA) is 43.6 Å². The normalized spacial score (nSPS) is 11.6. The molecule has 4 nitrogen and oxygen atoms in total. The first-order chi connectivity index (χ1) is 32.7. The van der Waals surface area contributed by atoms with E-state index in [4.69, 9.17) is 15.0 Å². The summed E-state index contributed by atoms with van der Waals surface area (Å²) < 4.78 is 4.93. The van der Waals surface area contributed by atoms with E-state index in [1.54, 1.807) is 0 Å². The molecule has 0 amide bonds. The summed E-state index contributed by atoms with van der Waals surface area (Å²) in [4.78, 5) is 16.2. The van der Waals surface area contributed by atoms with Crippen LogP contribution in [0, 0.1) is 0 Å². The van der Waals surface area contributed by atoms with Crippen LogP contribution in [0.15, 0.2) is 231 Å². The van der Waals surface area contributed by atoms with Crippen molar-refractivity contribution in [2.75, 3.05) is 0 Å². The van der Waals surface area contributed by atoms with Crippen molar-refractivity contribution < 1.29 is 0 Å². The van der Waals surface area contributed by atoms with Crippen molar-refractivity contribution in [3.63, 3.8) is 0 Å². The molecule has 0 saturated heterocycles. The predicted octanol–water partition coefficient (Wildman–Crippen LogP) is 16.5. The summed E-state index contributed by atoms with van der Waals surface area (Å²) in [5.74, 6) is 1.81. The second kappa shape index (κ2) is 15.6. The van der Waals surface area contributed by atoms with Gasteiger partial charge in [-0.05, 0) is 92.7 Å². The Bertz CT molecular complexity index is 3960. The Labute approximate surface area is 385 Å². The molecule has 0 fully saturated rings. The quantitative estimate of drug-likeness (QED) is 0.160. The fourth-order valence-electron chi connectivity index (χ4n) is 9.66. The van der Waals surface area contributed by atoms with Crippen molar-refractivity contribution in [1.82, 2.24) is 19.5 Å². The lowest BCUT2D eigenvalue weighted by atomic mass is 9.99. The summed E-state index contributed by atoms with van der Waals surface area (Å²) in [6.07, 6.45) is 0. The maximum absolute atomic E-state index is 5.45. The zero-order valence-electron chi connectivity index (χ0n) is 35.6. The smallest absolute Gasteiger partial charge is 0.166 e. The Morgan fingerprint density at radius 2 is 0.833 bits per heavy atom. The Hall–Kier alpha value is -8.51. The summed E-state index contributed by atoms with van der Waals surface area (Å²) in [6.45, 7) is 0. The molecule has 3 aromatic heterocycles. The van der Waals surface area contributed by atoms with Crippen molar-refractivity contribution in [1.29, 1.82) is 0 Å². The zero-order chi connectivity index (χ0) is 43.6. The number of rotatable bonds is 7. The van der Waals surface area contributed by atoms with Gasteiger partial charge in [0.05, 0.1) is 16.7 Å². The van der Waals surface area contributed by atoms with Crippen molar-refractivity contribution >= 4 is 64.1 Å². The number of thiophene rings is 1. The number of aromatic nitrogens is 4. The largest absolute Gasteiger partial charge is 0.308 e. The van der Waals surface area contributed by atoms with Crippen LogP contribution in [0.25, 0.3) is 126 Å². The van der Waals surface area contributed by atoms with Gasteiger partial charge in [-0.1, -0.05) is 182 Å². The van der Waals surface area contributed by atoms with Gasteiger partial charge in [0.15, 0.2) is 17.5 Å². The van der Waals surface area contributed by atoms with E-state index < -0.39 is 0 Å². The molecule has 13 aromatic rings. The van der Waals surface area contributed by atoms with E-state index in [2.05, 4.69) is 235 Å². The number of fused-ring (bicyclic) bond motifs is 7. The second-order valence-corrected chi connectivity index (χ2v) is 17.8. The lowest BCUT2D eigenvalue weighted by molar-refractivity contribution is 1.06. The third kappa shape index (κ3) is 6.48. The molecule has 0 unspecified atom stereocenters. The summed E-state index contributed by atoms with van der Waals surface area (Å²) in [5.41, 5.74) is 12.7. The highest BCUT2D eigenvalue weighted by molar-refractivity contribution is 7.26. The Balaban J connectivity index is 1.04. The molecule has 0 aliphatic rings. The van der Waals surface area contributed by atoms with Gasteiger partial charge in [0.2, 0.25) is 0 Å². The lowest BCUT2D eigenvalue weighted by Gasteiger charge is -2.17. The fraction of sp³-hybridized carbons (Fsp3) is 0. The molecule has 0 spiro atoms. The zero-order valence-corrected chi connectivity index (χ0v) is 36.5. The summed E-state index contributed by atoms with van der Waals surface area (Å²) in [7, 11) is 0. The van der Waals surface area contributed by atoms with E-state index in [-0.39, 0.29) is 0 Å². The van der Waals surface area contributed by atoms with Gasteiger partial charge in [-0.2, -0.15) is 0 Å². The SMILES string of the molecule is c1ccc(-c2ccc(-c3nc(-c4cccc(-c5ccc6ccccc6c5)c4)nc(-c4cccc(-c5cccc6c5sc5ccccc56)c4)n3)c(-n3c4ccccc4c4ccccc43)c2)cc1. The van der Waals surface area contributed by atoms with E-state index in [0.29, 0.717) is 17.5 Å². The van der Waals surface area contributed by atoms with Crippen LogP contribution in [0.5, 0.6) is 0 Å². The third-order valence-corrected chi connectivity index (χ3v) is 14.1. The van der Waals surface area contributed by atoms with Gasteiger partial charge in [-0.3, -0.25) is 0 Å². The molecule has 13 rings (SSSR count). The molecule has 0 N–H and O–H groups in total. The highest BCUT2D eigenvalue weighted by Crippen LogP contribution is 2.42. The van der Waals surface area contributed by atoms with Gasteiger partial charge < -0.3 is 4.57 Å². The molecule has 66 heavy (non-hydrogen) atoms. The minimum absolute atomic E-state index is 0.597. The standard InChI is InChI=1S/C61H38N4S/c1-2-15-39(16-3-1)44-33-34-53(56(38-44)65-54-28-9-6-23-49(54)50-24-7-10-29-55(50)65)61-63-59(46-21-12-19-42(36-46)43-32-31-40-17-4-5-18-41(40)35-43)62-60(64-61)47-22-13-20-45(37-47)48-26-14-27-52-51-25-8-11-30-57(51)66-58(48)52/h1-38H. The maximum Gasteiger partial charge on any atom is 0.166 e. The van der Waals surface area contributed by atoms with Gasteiger partial charge in [-0.15, -0.1) is 11.3 Å². The Morgan fingerprint density at radius 1 is 0.303 bits per heavy atom. The van der Waals surface area contributed by atoms with Crippen LogP contribution >= 0.6 is 11.3 Å². The van der Waals surface area contributed by atoms with Crippen molar-refractivity contribution in [3.8, 4) is 73.2 Å². The van der Waals surface area contributed by atoms with E-state index in [0.717, 1.165) is 61.2 Å². The van der Waals surface area contributed by atoms with Crippen molar-refractivity contribution in [2.45, 2.75) is 0 Å². The third-order valence-electron chi connectivity index (χ3n) is 12.8. The van der Waals surface area contributed by atoms with Crippen LogP contribution in [-0.4, -0.2) is 19.5 Å². The molecule has 0 saturated carbocycles. The van der Waals surface area contributed by atoms with E-state index in [1.165, 1.54) is 47.3 Å². The molecule has 5 heteroatoms. The number of para-hydroxylation sites is 2. The minimum Gasteiger partial charge on any atom is -0.308 e. The molecule has 0 radical (unpaired) electrons. The monoisotopic (exact) mass is 858 g/mol. The molecule has 3 heterocycles. The molecular weight excluding hydrogens is 821 g/mol. The van der Waals surface area contributed by atoms with Crippen LogP contribution in [0.1, 0.15) is 0 Å². The summed E-state index contributed by atoms with van der Waals surface area (Å²) in [6, 6.07) is 82.3. The predicted molar refractivity (Wildman–Crippen MR) is 277 cm³/mol.